The zero-order chi connectivity index (χ0) is 9.53. The standard InChI is InChI=1S/C12H18O/c1-10(2)4-7-12(13)8-11(9-12)5-3-6-11/h10,13H,3,5-6,8-9H2,1-2H3. The summed E-state index contributed by atoms with van der Waals surface area (Å²) in [4.78, 5) is 0. The van der Waals surface area contributed by atoms with Crippen LogP contribution in [0.1, 0.15) is 46.0 Å². The van der Waals surface area contributed by atoms with Crippen molar-refractivity contribution >= 4 is 0 Å². The van der Waals surface area contributed by atoms with E-state index in [4.69, 9.17) is 0 Å². The third kappa shape index (κ3) is 1.60. The van der Waals surface area contributed by atoms with E-state index in [0.717, 1.165) is 12.8 Å². The van der Waals surface area contributed by atoms with Gasteiger partial charge in [-0.3, -0.25) is 0 Å². The summed E-state index contributed by atoms with van der Waals surface area (Å²) in [5, 5.41) is 9.99. The predicted octanol–water partition coefficient (Wildman–Crippen LogP) is 2.34. The van der Waals surface area contributed by atoms with Crippen LogP contribution in [-0.2, 0) is 0 Å². The van der Waals surface area contributed by atoms with E-state index < -0.39 is 5.60 Å². The lowest BCUT2D eigenvalue weighted by Crippen LogP contribution is -2.54. The topological polar surface area (TPSA) is 20.2 Å². The van der Waals surface area contributed by atoms with Crippen LogP contribution in [-0.4, -0.2) is 10.7 Å². The average Bonchev–Trinajstić information content (AvgIpc) is 1.92. The Balaban J connectivity index is 1.92. The number of hydrogen-bond acceptors (Lipinski definition) is 1. The minimum Gasteiger partial charge on any atom is -0.378 e. The molecule has 0 radical (unpaired) electrons. The molecule has 2 aliphatic carbocycles. The fourth-order valence-electron chi connectivity index (χ4n) is 2.59. The summed E-state index contributed by atoms with van der Waals surface area (Å²) in [7, 11) is 0. The summed E-state index contributed by atoms with van der Waals surface area (Å²) >= 11 is 0. The fourth-order valence-corrected chi connectivity index (χ4v) is 2.59. The Morgan fingerprint density at radius 1 is 1.23 bits per heavy atom. The molecule has 0 bridgehead atoms. The van der Waals surface area contributed by atoms with Crippen molar-refractivity contribution in [3.8, 4) is 11.8 Å². The third-order valence-electron chi connectivity index (χ3n) is 3.34. The molecular formula is C12H18O. The third-order valence-corrected chi connectivity index (χ3v) is 3.34. The van der Waals surface area contributed by atoms with Gasteiger partial charge < -0.3 is 5.11 Å². The lowest BCUT2D eigenvalue weighted by molar-refractivity contribution is -0.126. The highest BCUT2D eigenvalue weighted by molar-refractivity contribution is 5.24. The number of rotatable bonds is 0. The van der Waals surface area contributed by atoms with Gasteiger partial charge in [-0.25, -0.2) is 0 Å². The average molecular weight is 178 g/mol. The first-order valence-corrected chi connectivity index (χ1v) is 5.29. The Hall–Kier alpha value is -0.480. The summed E-state index contributed by atoms with van der Waals surface area (Å²) in [6.45, 7) is 4.13. The van der Waals surface area contributed by atoms with Crippen molar-refractivity contribution in [2.75, 3.05) is 0 Å². The second-order valence-electron chi connectivity index (χ2n) is 5.16. The quantitative estimate of drug-likeness (QED) is 0.564. The molecule has 2 aliphatic rings. The van der Waals surface area contributed by atoms with Crippen LogP contribution in [0.2, 0.25) is 0 Å². The molecule has 0 aromatic rings. The largest absolute Gasteiger partial charge is 0.378 e. The van der Waals surface area contributed by atoms with Crippen molar-refractivity contribution in [1.82, 2.24) is 0 Å². The van der Waals surface area contributed by atoms with Gasteiger partial charge in [-0.2, -0.15) is 0 Å². The molecule has 1 heteroatoms. The van der Waals surface area contributed by atoms with Crippen LogP contribution in [0.5, 0.6) is 0 Å². The van der Waals surface area contributed by atoms with Crippen LogP contribution >= 0.6 is 0 Å². The minimum absolute atomic E-state index is 0.377. The molecule has 0 aromatic heterocycles. The Kier molecular flexibility index (Phi) is 1.92. The number of hydrogen-bond donors (Lipinski definition) is 1. The summed E-state index contributed by atoms with van der Waals surface area (Å²) in [6.07, 6.45) is 5.85. The van der Waals surface area contributed by atoms with Gasteiger partial charge in [-0.05, 0) is 31.1 Å². The van der Waals surface area contributed by atoms with Crippen molar-refractivity contribution in [1.29, 1.82) is 0 Å². The van der Waals surface area contributed by atoms with E-state index in [2.05, 4.69) is 25.7 Å². The molecular weight excluding hydrogens is 160 g/mol. The van der Waals surface area contributed by atoms with Crippen molar-refractivity contribution < 1.29 is 5.11 Å². The molecule has 72 valence electrons. The molecule has 0 aliphatic heterocycles. The Morgan fingerprint density at radius 3 is 2.23 bits per heavy atom. The molecule has 2 rings (SSSR count). The van der Waals surface area contributed by atoms with Crippen LogP contribution in [0.3, 0.4) is 0 Å². The molecule has 0 atom stereocenters. The summed E-state index contributed by atoms with van der Waals surface area (Å²) in [5.41, 5.74) is -0.106. The van der Waals surface area contributed by atoms with E-state index in [0.29, 0.717) is 11.3 Å². The van der Waals surface area contributed by atoms with Crippen LogP contribution in [0, 0.1) is 23.2 Å². The maximum absolute atomic E-state index is 9.99. The monoisotopic (exact) mass is 178 g/mol. The van der Waals surface area contributed by atoms with Gasteiger partial charge in [0.2, 0.25) is 0 Å². The SMILES string of the molecule is CC(C)C#CC1(O)CC2(CCC2)C1. The maximum atomic E-state index is 9.99. The van der Waals surface area contributed by atoms with Crippen molar-refractivity contribution in [2.45, 2.75) is 51.6 Å². The van der Waals surface area contributed by atoms with Gasteiger partial charge >= 0.3 is 0 Å². The van der Waals surface area contributed by atoms with E-state index >= 15 is 0 Å². The molecule has 0 amide bonds. The van der Waals surface area contributed by atoms with Crippen LogP contribution < -0.4 is 0 Å². The predicted molar refractivity (Wildman–Crippen MR) is 53.1 cm³/mol. The zero-order valence-electron chi connectivity index (χ0n) is 8.56. The Morgan fingerprint density at radius 2 is 1.85 bits per heavy atom. The second-order valence-corrected chi connectivity index (χ2v) is 5.16. The molecule has 2 saturated carbocycles. The molecule has 2 fully saturated rings. The normalized spacial score (nSPS) is 27.4. The van der Waals surface area contributed by atoms with E-state index in [1.54, 1.807) is 0 Å². The van der Waals surface area contributed by atoms with Crippen LogP contribution in [0.15, 0.2) is 0 Å². The van der Waals surface area contributed by atoms with Gasteiger partial charge in [0.1, 0.15) is 5.60 Å². The molecule has 1 N–H and O–H groups in total. The molecule has 13 heavy (non-hydrogen) atoms. The zero-order valence-corrected chi connectivity index (χ0v) is 8.56. The summed E-state index contributed by atoms with van der Waals surface area (Å²) < 4.78 is 0. The number of aliphatic hydroxyl groups is 1. The van der Waals surface area contributed by atoms with Crippen LogP contribution in [0.25, 0.3) is 0 Å². The van der Waals surface area contributed by atoms with Crippen LogP contribution in [0.4, 0.5) is 0 Å². The molecule has 1 nitrogen and oxygen atoms in total. The molecule has 1 spiro atoms. The van der Waals surface area contributed by atoms with E-state index in [1.165, 1.54) is 19.3 Å². The van der Waals surface area contributed by atoms with Gasteiger partial charge in [0.05, 0.1) is 0 Å². The lowest BCUT2D eigenvalue weighted by atomic mass is 9.50. The fraction of sp³-hybridized carbons (Fsp3) is 0.833. The highest BCUT2D eigenvalue weighted by Gasteiger charge is 2.55. The summed E-state index contributed by atoms with van der Waals surface area (Å²) in [5.74, 6) is 6.47. The Labute approximate surface area is 80.5 Å². The highest BCUT2D eigenvalue weighted by atomic mass is 16.3. The van der Waals surface area contributed by atoms with Gasteiger partial charge in [-0.15, -0.1) is 0 Å². The molecule has 0 aromatic carbocycles. The Bertz CT molecular complexity index is 255. The summed E-state index contributed by atoms with van der Waals surface area (Å²) in [6, 6.07) is 0. The van der Waals surface area contributed by atoms with Crippen molar-refractivity contribution in [2.24, 2.45) is 11.3 Å². The lowest BCUT2D eigenvalue weighted by Gasteiger charge is -2.56. The smallest absolute Gasteiger partial charge is 0.126 e. The van der Waals surface area contributed by atoms with Crippen molar-refractivity contribution in [3.63, 3.8) is 0 Å². The second kappa shape index (κ2) is 2.75. The molecule has 0 saturated heterocycles. The highest BCUT2D eigenvalue weighted by Crippen LogP contribution is 2.60. The van der Waals surface area contributed by atoms with E-state index in [-0.39, 0.29) is 0 Å². The van der Waals surface area contributed by atoms with E-state index in [1.807, 2.05) is 0 Å². The first-order valence-electron chi connectivity index (χ1n) is 5.29. The first kappa shape index (κ1) is 9.09. The maximum Gasteiger partial charge on any atom is 0.126 e. The van der Waals surface area contributed by atoms with Gasteiger partial charge in [-0.1, -0.05) is 32.1 Å². The van der Waals surface area contributed by atoms with Gasteiger partial charge in [0.25, 0.3) is 0 Å². The van der Waals surface area contributed by atoms with Gasteiger partial charge in [0.15, 0.2) is 0 Å². The first-order chi connectivity index (χ1) is 6.04. The minimum atomic E-state index is -0.620. The van der Waals surface area contributed by atoms with Gasteiger partial charge in [0, 0.05) is 5.92 Å². The molecule has 0 unspecified atom stereocenters. The van der Waals surface area contributed by atoms with E-state index in [9.17, 15) is 5.11 Å². The molecule has 0 heterocycles. The van der Waals surface area contributed by atoms with Crippen molar-refractivity contribution in [3.05, 3.63) is 0 Å².